The van der Waals surface area contributed by atoms with E-state index < -0.39 is 5.97 Å². The van der Waals surface area contributed by atoms with E-state index in [0.717, 1.165) is 12.0 Å². The van der Waals surface area contributed by atoms with Gasteiger partial charge in [-0.05, 0) is 36.2 Å². The van der Waals surface area contributed by atoms with Gasteiger partial charge in [0.15, 0.2) is 0 Å². The SMILES string of the molecule is CCC(CNCc1ccc(C(=O)O)cc1)Oc1ccccc1Cl. The Hall–Kier alpha value is -2.04. The highest BCUT2D eigenvalue weighted by Crippen LogP contribution is 2.24. The number of rotatable bonds is 8. The lowest BCUT2D eigenvalue weighted by Crippen LogP contribution is -2.30. The maximum absolute atomic E-state index is 10.8. The number of carbonyl (C=O) groups is 1. The molecule has 0 spiro atoms. The van der Waals surface area contributed by atoms with Crippen LogP contribution in [0, 0.1) is 0 Å². The van der Waals surface area contributed by atoms with Crippen molar-refractivity contribution < 1.29 is 14.6 Å². The van der Waals surface area contributed by atoms with E-state index in [-0.39, 0.29) is 6.10 Å². The molecule has 2 N–H and O–H groups in total. The molecule has 0 aliphatic heterocycles. The van der Waals surface area contributed by atoms with Gasteiger partial charge in [-0.15, -0.1) is 0 Å². The number of hydrogen-bond acceptors (Lipinski definition) is 3. The first-order valence-electron chi connectivity index (χ1n) is 7.54. The number of nitrogens with one attached hydrogen (secondary N) is 1. The molecule has 0 bridgehead atoms. The van der Waals surface area contributed by atoms with Gasteiger partial charge in [-0.2, -0.15) is 0 Å². The topological polar surface area (TPSA) is 58.6 Å². The minimum atomic E-state index is -0.913. The van der Waals surface area contributed by atoms with Crippen LogP contribution >= 0.6 is 11.6 Å². The Labute approximate surface area is 141 Å². The molecule has 0 saturated heterocycles. The number of carboxylic acid groups (broad SMARTS) is 1. The quantitative estimate of drug-likeness (QED) is 0.767. The van der Waals surface area contributed by atoms with Crippen molar-refractivity contribution >= 4 is 17.6 Å². The molecule has 0 radical (unpaired) electrons. The van der Waals surface area contributed by atoms with Gasteiger partial charge < -0.3 is 15.2 Å². The molecule has 5 heteroatoms. The van der Waals surface area contributed by atoms with Crippen LogP contribution in [-0.4, -0.2) is 23.7 Å². The number of carboxylic acids is 1. The van der Waals surface area contributed by atoms with Crippen molar-refractivity contribution in [3.63, 3.8) is 0 Å². The molecule has 0 aliphatic rings. The predicted octanol–water partition coefficient (Wildman–Crippen LogP) is 3.99. The summed E-state index contributed by atoms with van der Waals surface area (Å²) in [7, 11) is 0. The van der Waals surface area contributed by atoms with Crippen LogP contribution in [0.2, 0.25) is 5.02 Å². The molecule has 23 heavy (non-hydrogen) atoms. The molecular formula is C18H20ClNO3. The molecule has 2 aromatic rings. The first-order chi connectivity index (χ1) is 11.1. The normalized spacial score (nSPS) is 11.9. The van der Waals surface area contributed by atoms with Gasteiger partial charge in [0, 0.05) is 13.1 Å². The summed E-state index contributed by atoms with van der Waals surface area (Å²) in [6.45, 7) is 3.40. The smallest absolute Gasteiger partial charge is 0.335 e. The minimum Gasteiger partial charge on any atom is -0.488 e. The van der Waals surface area contributed by atoms with Crippen molar-refractivity contribution in [2.75, 3.05) is 6.54 Å². The summed E-state index contributed by atoms with van der Waals surface area (Å²) in [5, 5.41) is 12.8. The molecule has 1 atom stereocenters. The summed E-state index contributed by atoms with van der Waals surface area (Å²) >= 11 is 6.10. The number of aromatic carboxylic acids is 1. The Balaban J connectivity index is 1.83. The average molecular weight is 334 g/mol. The summed E-state index contributed by atoms with van der Waals surface area (Å²) in [4.78, 5) is 10.8. The van der Waals surface area contributed by atoms with Gasteiger partial charge in [-0.25, -0.2) is 4.79 Å². The van der Waals surface area contributed by atoms with E-state index in [1.807, 2.05) is 30.3 Å². The Morgan fingerprint density at radius 1 is 1.22 bits per heavy atom. The van der Waals surface area contributed by atoms with Crippen molar-refractivity contribution in [1.82, 2.24) is 5.32 Å². The third-order valence-electron chi connectivity index (χ3n) is 3.49. The minimum absolute atomic E-state index is 0.0215. The standard InChI is InChI=1S/C18H20ClNO3/c1-2-15(23-17-6-4-3-5-16(17)19)12-20-11-13-7-9-14(10-8-13)18(21)22/h3-10,15,20H,2,11-12H2,1H3,(H,21,22). The molecule has 2 aromatic carbocycles. The fourth-order valence-corrected chi connectivity index (χ4v) is 2.31. The lowest BCUT2D eigenvalue weighted by Gasteiger charge is -2.19. The summed E-state index contributed by atoms with van der Waals surface area (Å²) in [6, 6.07) is 14.3. The first kappa shape index (κ1) is 17.3. The summed E-state index contributed by atoms with van der Waals surface area (Å²) < 4.78 is 5.91. The largest absolute Gasteiger partial charge is 0.488 e. The Kier molecular flexibility index (Phi) is 6.44. The maximum Gasteiger partial charge on any atom is 0.335 e. The third-order valence-corrected chi connectivity index (χ3v) is 3.80. The Morgan fingerprint density at radius 3 is 2.52 bits per heavy atom. The van der Waals surface area contributed by atoms with Crippen molar-refractivity contribution in [3.8, 4) is 5.75 Å². The molecule has 0 fully saturated rings. The molecule has 4 nitrogen and oxygen atoms in total. The van der Waals surface area contributed by atoms with Gasteiger partial charge in [0.05, 0.1) is 10.6 Å². The van der Waals surface area contributed by atoms with Crippen molar-refractivity contribution in [3.05, 3.63) is 64.7 Å². The predicted molar refractivity (Wildman–Crippen MR) is 91.3 cm³/mol. The molecular weight excluding hydrogens is 314 g/mol. The molecule has 0 heterocycles. The summed E-state index contributed by atoms with van der Waals surface area (Å²) in [6.07, 6.45) is 0.879. The number of hydrogen-bond donors (Lipinski definition) is 2. The second-order valence-corrected chi connectivity index (χ2v) is 5.62. The number of ether oxygens (including phenoxy) is 1. The summed E-state index contributed by atoms with van der Waals surface area (Å²) in [5.41, 5.74) is 1.32. The van der Waals surface area contributed by atoms with Gasteiger partial charge >= 0.3 is 5.97 Å². The monoisotopic (exact) mass is 333 g/mol. The lowest BCUT2D eigenvalue weighted by atomic mass is 10.1. The van der Waals surface area contributed by atoms with E-state index in [1.165, 1.54) is 0 Å². The molecule has 0 aliphatic carbocycles. The van der Waals surface area contributed by atoms with Gasteiger partial charge in [0.25, 0.3) is 0 Å². The van der Waals surface area contributed by atoms with Gasteiger partial charge in [-0.3, -0.25) is 0 Å². The van der Waals surface area contributed by atoms with Crippen LogP contribution in [0.25, 0.3) is 0 Å². The number of halogens is 1. The van der Waals surface area contributed by atoms with Crippen LogP contribution in [-0.2, 0) is 6.54 Å². The fourth-order valence-electron chi connectivity index (χ4n) is 2.13. The molecule has 0 aromatic heterocycles. The number of para-hydroxylation sites is 1. The van der Waals surface area contributed by atoms with Crippen molar-refractivity contribution in [1.29, 1.82) is 0 Å². The Bertz CT molecular complexity index is 643. The zero-order chi connectivity index (χ0) is 16.7. The van der Waals surface area contributed by atoms with Crippen LogP contribution in [0.4, 0.5) is 0 Å². The van der Waals surface area contributed by atoms with Gasteiger partial charge in [-0.1, -0.05) is 42.8 Å². The van der Waals surface area contributed by atoms with Crippen LogP contribution in [0.1, 0.15) is 29.3 Å². The van der Waals surface area contributed by atoms with Crippen LogP contribution in [0.5, 0.6) is 5.75 Å². The van der Waals surface area contributed by atoms with E-state index in [2.05, 4.69) is 12.2 Å². The molecule has 0 saturated carbocycles. The van der Waals surface area contributed by atoms with E-state index in [9.17, 15) is 4.79 Å². The van der Waals surface area contributed by atoms with Crippen molar-refractivity contribution in [2.24, 2.45) is 0 Å². The lowest BCUT2D eigenvalue weighted by molar-refractivity contribution is 0.0697. The third kappa shape index (κ3) is 5.27. The fraction of sp³-hybridized carbons (Fsp3) is 0.278. The summed E-state index contributed by atoms with van der Waals surface area (Å²) in [5.74, 6) is -0.225. The van der Waals surface area contributed by atoms with Crippen LogP contribution in [0.15, 0.2) is 48.5 Å². The van der Waals surface area contributed by atoms with Crippen molar-refractivity contribution in [2.45, 2.75) is 26.0 Å². The molecule has 122 valence electrons. The van der Waals surface area contributed by atoms with E-state index >= 15 is 0 Å². The average Bonchev–Trinajstić information content (AvgIpc) is 2.56. The van der Waals surface area contributed by atoms with Gasteiger partial charge in [0.2, 0.25) is 0 Å². The second kappa shape index (κ2) is 8.56. The molecule has 1 unspecified atom stereocenters. The van der Waals surface area contributed by atoms with Gasteiger partial charge in [0.1, 0.15) is 11.9 Å². The highest BCUT2D eigenvalue weighted by Gasteiger charge is 2.10. The molecule has 0 amide bonds. The van der Waals surface area contributed by atoms with Crippen LogP contribution < -0.4 is 10.1 Å². The first-order valence-corrected chi connectivity index (χ1v) is 7.92. The van der Waals surface area contributed by atoms with E-state index in [1.54, 1.807) is 18.2 Å². The zero-order valence-corrected chi connectivity index (χ0v) is 13.7. The molecule has 2 rings (SSSR count). The highest BCUT2D eigenvalue weighted by atomic mass is 35.5. The maximum atomic E-state index is 10.8. The van der Waals surface area contributed by atoms with Crippen LogP contribution in [0.3, 0.4) is 0 Å². The zero-order valence-electron chi connectivity index (χ0n) is 13.0. The second-order valence-electron chi connectivity index (χ2n) is 5.21. The van der Waals surface area contributed by atoms with E-state index in [0.29, 0.717) is 29.4 Å². The number of benzene rings is 2. The Morgan fingerprint density at radius 2 is 1.91 bits per heavy atom. The highest BCUT2D eigenvalue weighted by molar-refractivity contribution is 6.32. The van der Waals surface area contributed by atoms with E-state index in [4.69, 9.17) is 21.4 Å².